The van der Waals surface area contributed by atoms with Gasteiger partial charge < -0.3 is 15.4 Å². The maximum Gasteiger partial charge on any atom is 0.419 e. The van der Waals surface area contributed by atoms with Gasteiger partial charge in [-0.3, -0.25) is 0 Å². The molecule has 1 aromatic heterocycles. The summed E-state index contributed by atoms with van der Waals surface area (Å²) in [6, 6.07) is 2.07. The largest absolute Gasteiger partial charge is 0.419 e. The standard InChI is InChI=1S/C11H14F3N3O/c1-18-9-6-15-5-8(9)17-10-7(11(12,13)14)3-2-4-16-10/h2-4,8-9,15H,5-6H2,1H3,(H,16,17)/t8?,9-/m1/s1. The first-order chi connectivity index (χ1) is 8.52. The Bertz CT molecular complexity index is 411. The van der Waals surface area contributed by atoms with Crippen LogP contribution in [0, 0.1) is 0 Å². The lowest BCUT2D eigenvalue weighted by molar-refractivity contribution is -0.137. The molecule has 0 aromatic carbocycles. The number of pyridine rings is 1. The fourth-order valence-electron chi connectivity index (χ4n) is 1.97. The number of nitrogens with zero attached hydrogens (tertiary/aromatic N) is 1. The molecule has 4 nitrogen and oxygen atoms in total. The van der Waals surface area contributed by atoms with Crippen molar-refractivity contribution >= 4 is 5.82 Å². The predicted molar refractivity (Wildman–Crippen MR) is 60.3 cm³/mol. The van der Waals surface area contributed by atoms with Gasteiger partial charge in [0.25, 0.3) is 0 Å². The lowest BCUT2D eigenvalue weighted by atomic mass is 10.2. The minimum atomic E-state index is -4.41. The Morgan fingerprint density at radius 2 is 2.22 bits per heavy atom. The fourth-order valence-corrected chi connectivity index (χ4v) is 1.97. The number of rotatable bonds is 3. The van der Waals surface area contributed by atoms with E-state index in [1.54, 1.807) is 0 Å². The fraction of sp³-hybridized carbons (Fsp3) is 0.545. The van der Waals surface area contributed by atoms with Crippen LogP contribution in [0.2, 0.25) is 0 Å². The molecule has 0 spiro atoms. The summed E-state index contributed by atoms with van der Waals surface area (Å²) in [6.07, 6.45) is -3.24. The summed E-state index contributed by atoms with van der Waals surface area (Å²) in [5.41, 5.74) is -0.758. The normalized spacial score (nSPS) is 24.2. The minimum Gasteiger partial charge on any atom is -0.378 e. The van der Waals surface area contributed by atoms with Crippen molar-refractivity contribution < 1.29 is 17.9 Å². The van der Waals surface area contributed by atoms with E-state index < -0.39 is 11.7 Å². The molecule has 2 rings (SSSR count). The van der Waals surface area contributed by atoms with Gasteiger partial charge in [0.05, 0.1) is 17.7 Å². The first-order valence-corrected chi connectivity index (χ1v) is 5.54. The van der Waals surface area contributed by atoms with E-state index >= 15 is 0 Å². The zero-order valence-corrected chi connectivity index (χ0v) is 9.79. The van der Waals surface area contributed by atoms with E-state index in [1.165, 1.54) is 19.4 Å². The second kappa shape index (κ2) is 5.11. The first-order valence-electron chi connectivity index (χ1n) is 5.54. The van der Waals surface area contributed by atoms with Crippen molar-refractivity contribution in [3.05, 3.63) is 23.9 Å². The molecule has 2 heterocycles. The quantitative estimate of drug-likeness (QED) is 0.865. The molecule has 18 heavy (non-hydrogen) atoms. The Balaban J connectivity index is 2.19. The van der Waals surface area contributed by atoms with Crippen molar-refractivity contribution in [2.75, 3.05) is 25.5 Å². The average Bonchev–Trinajstić information content (AvgIpc) is 2.75. The van der Waals surface area contributed by atoms with Crippen molar-refractivity contribution in [1.82, 2.24) is 10.3 Å². The summed E-state index contributed by atoms with van der Waals surface area (Å²) in [7, 11) is 1.54. The number of aromatic nitrogens is 1. The second-order valence-electron chi connectivity index (χ2n) is 4.08. The molecule has 7 heteroatoms. The maximum atomic E-state index is 12.8. The van der Waals surface area contributed by atoms with Gasteiger partial charge in [0.1, 0.15) is 5.82 Å². The Kier molecular flexibility index (Phi) is 3.72. The van der Waals surface area contributed by atoms with Crippen LogP contribution in [0.3, 0.4) is 0 Å². The number of hydrogen-bond acceptors (Lipinski definition) is 4. The highest BCUT2D eigenvalue weighted by Gasteiger charge is 2.36. The molecular formula is C11H14F3N3O. The third-order valence-electron chi connectivity index (χ3n) is 2.90. The van der Waals surface area contributed by atoms with Gasteiger partial charge in [0.2, 0.25) is 0 Å². The molecule has 0 amide bonds. The summed E-state index contributed by atoms with van der Waals surface area (Å²) >= 11 is 0. The van der Waals surface area contributed by atoms with Crippen molar-refractivity contribution in [2.24, 2.45) is 0 Å². The maximum absolute atomic E-state index is 12.8. The lowest BCUT2D eigenvalue weighted by Crippen LogP contribution is -2.34. The summed E-state index contributed by atoms with van der Waals surface area (Å²) in [4.78, 5) is 3.76. The van der Waals surface area contributed by atoms with Crippen LogP contribution in [-0.4, -0.2) is 37.3 Å². The van der Waals surface area contributed by atoms with Gasteiger partial charge in [-0.1, -0.05) is 0 Å². The van der Waals surface area contributed by atoms with E-state index in [0.717, 1.165) is 6.07 Å². The molecule has 1 unspecified atom stereocenters. The van der Waals surface area contributed by atoms with E-state index in [9.17, 15) is 13.2 Å². The zero-order valence-electron chi connectivity index (χ0n) is 9.79. The van der Waals surface area contributed by atoms with E-state index in [-0.39, 0.29) is 18.0 Å². The number of hydrogen-bond donors (Lipinski definition) is 2. The minimum absolute atomic E-state index is 0.152. The van der Waals surface area contributed by atoms with Crippen LogP contribution in [0.5, 0.6) is 0 Å². The van der Waals surface area contributed by atoms with Crippen molar-refractivity contribution in [1.29, 1.82) is 0 Å². The highest BCUT2D eigenvalue weighted by Crippen LogP contribution is 2.33. The predicted octanol–water partition coefficient (Wildman–Crippen LogP) is 1.50. The number of halogens is 3. The van der Waals surface area contributed by atoms with E-state index in [2.05, 4.69) is 15.6 Å². The Labute approximate surface area is 103 Å². The summed E-state index contributed by atoms with van der Waals surface area (Å²) < 4.78 is 43.5. The van der Waals surface area contributed by atoms with Gasteiger partial charge in [-0.05, 0) is 12.1 Å². The number of ether oxygens (including phenoxy) is 1. The molecule has 1 aromatic rings. The number of alkyl halides is 3. The van der Waals surface area contributed by atoms with Crippen molar-refractivity contribution in [3.8, 4) is 0 Å². The van der Waals surface area contributed by atoms with Gasteiger partial charge in [-0.15, -0.1) is 0 Å². The van der Waals surface area contributed by atoms with Gasteiger partial charge in [-0.25, -0.2) is 4.98 Å². The van der Waals surface area contributed by atoms with Crippen LogP contribution in [0.25, 0.3) is 0 Å². The second-order valence-corrected chi connectivity index (χ2v) is 4.08. The van der Waals surface area contributed by atoms with E-state index in [1.807, 2.05) is 0 Å². The third kappa shape index (κ3) is 2.73. The lowest BCUT2D eigenvalue weighted by Gasteiger charge is -2.21. The highest BCUT2D eigenvalue weighted by atomic mass is 19.4. The zero-order chi connectivity index (χ0) is 13.2. The van der Waals surface area contributed by atoms with Crippen LogP contribution in [0.4, 0.5) is 19.0 Å². The molecule has 100 valence electrons. The van der Waals surface area contributed by atoms with Crippen LogP contribution >= 0.6 is 0 Å². The molecule has 0 radical (unpaired) electrons. The van der Waals surface area contributed by atoms with Crippen LogP contribution < -0.4 is 10.6 Å². The van der Waals surface area contributed by atoms with E-state index in [4.69, 9.17) is 4.74 Å². The first kappa shape index (κ1) is 13.1. The average molecular weight is 261 g/mol. The number of anilines is 1. The van der Waals surface area contributed by atoms with Crippen LogP contribution in [0.15, 0.2) is 18.3 Å². The molecule has 2 N–H and O–H groups in total. The molecule has 1 fully saturated rings. The monoisotopic (exact) mass is 261 g/mol. The highest BCUT2D eigenvalue weighted by molar-refractivity contribution is 5.46. The van der Waals surface area contributed by atoms with Gasteiger partial charge in [0.15, 0.2) is 0 Å². The van der Waals surface area contributed by atoms with Gasteiger partial charge in [0, 0.05) is 26.4 Å². The van der Waals surface area contributed by atoms with Crippen LogP contribution in [-0.2, 0) is 10.9 Å². The van der Waals surface area contributed by atoms with Crippen LogP contribution in [0.1, 0.15) is 5.56 Å². The summed E-state index contributed by atoms with van der Waals surface area (Å²) in [6.45, 7) is 1.16. The summed E-state index contributed by atoms with van der Waals surface area (Å²) in [5, 5.41) is 5.85. The molecule has 2 atom stereocenters. The molecule has 0 aliphatic carbocycles. The van der Waals surface area contributed by atoms with Crippen molar-refractivity contribution in [2.45, 2.75) is 18.3 Å². The molecule has 0 bridgehead atoms. The molecule has 0 saturated carbocycles. The third-order valence-corrected chi connectivity index (χ3v) is 2.90. The molecular weight excluding hydrogens is 247 g/mol. The van der Waals surface area contributed by atoms with Crippen molar-refractivity contribution in [3.63, 3.8) is 0 Å². The Hall–Kier alpha value is -1.34. The smallest absolute Gasteiger partial charge is 0.378 e. The Morgan fingerprint density at radius 1 is 1.44 bits per heavy atom. The van der Waals surface area contributed by atoms with E-state index in [0.29, 0.717) is 13.1 Å². The topological polar surface area (TPSA) is 46.2 Å². The number of methoxy groups -OCH3 is 1. The molecule has 1 saturated heterocycles. The SMILES string of the molecule is CO[C@@H]1CNCC1Nc1ncccc1C(F)(F)F. The molecule has 1 aliphatic heterocycles. The van der Waals surface area contributed by atoms with Gasteiger partial charge in [-0.2, -0.15) is 13.2 Å². The molecule has 1 aliphatic rings. The van der Waals surface area contributed by atoms with Gasteiger partial charge >= 0.3 is 6.18 Å². The summed E-state index contributed by atoms with van der Waals surface area (Å²) in [5.74, 6) is -0.152. The Morgan fingerprint density at radius 3 is 2.89 bits per heavy atom. The number of nitrogens with one attached hydrogen (secondary N) is 2.